The lowest BCUT2D eigenvalue weighted by Crippen LogP contribution is -2.23. The Morgan fingerprint density at radius 3 is 2.42 bits per heavy atom. The zero-order valence-corrected chi connectivity index (χ0v) is 19.8. The van der Waals surface area contributed by atoms with Crippen LogP contribution in [0.1, 0.15) is 30.6 Å². The van der Waals surface area contributed by atoms with Crippen LogP contribution in [-0.4, -0.2) is 16.7 Å². The highest BCUT2D eigenvalue weighted by Crippen LogP contribution is 2.32. The molecule has 0 spiro atoms. The molecule has 6 nitrogen and oxygen atoms in total. The Labute approximate surface area is 195 Å². The third-order valence-corrected chi connectivity index (χ3v) is 7.62. The summed E-state index contributed by atoms with van der Waals surface area (Å²) < 4.78 is 13.7. The standard InChI is InChI=1S/C21H17NO5S4/c1-21(2,31-22-25)12-18(23)27-16-6-4-3-5-15(16)20(24)26-14-9-7-13(8-10-14)17-11-19(28)30-29-17/h3-11H,12H2,1-2H3. The van der Waals surface area contributed by atoms with Crippen molar-refractivity contribution >= 4 is 56.8 Å². The zero-order chi connectivity index (χ0) is 22.4. The number of ether oxygens (including phenoxy) is 2. The lowest BCUT2D eigenvalue weighted by molar-refractivity contribution is -0.134. The van der Waals surface area contributed by atoms with Gasteiger partial charge in [0, 0.05) is 26.2 Å². The first kappa shape index (κ1) is 23.3. The maximum Gasteiger partial charge on any atom is 0.347 e. The number of para-hydroxylation sites is 1. The first-order valence-electron chi connectivity index (χ1n) is 9.01. The molecule has 0 N–H and O–H groups in total. The summed E-state index contributed by atoms with van der Waals surface area (Å²) in [6, 6.07) is 15.4. The molecule has 0 fully saturated rings. The van der Waals surface area contributed by atoms with E-state index in [1.165, 1.54) is 22.5 Å². The molecule has 0 aliphatic rings. The van der Waals surface area contributed by atoms with Crippen LogP contribution in [-0.2, 0) is 4.79 Å². The Bertz CT molecular complexity index is 1150. The van der Waals surface area contributed by atoms with Crippen LogP contribution in [0.15, 0.2) is 59.2 Å². The summed E-state index contributed by atoms with van der Waals surface area (Å²) in [5, 5.41) is 0. The summed E-state index contributed by atoms with van der Waals surface area (Å²) in [7, 11) is 3.12. The van der Waals surface area contributed by atoms with Crippen molar-refractivity contribution in [3.05, 3.63) is 68.9 Å². The van der Waals surface area contributed by atoms with Crippen LogP contribution in [0.2, 0.25) is 0 Å². The molecule has 1 aromatic heterocycles. The van der Waals surface area contributed by atoms with E-state index in [-0.39, 0.29) is 17.7 Å². The molecule has 0 atom stereocenters. The third kappa shape index (κ3) is 6.54. The molecule has 31 heavy (non-hydrogen) atoms. The minimum absolute atomic E-state index is 0.0518. The van der Waals surface area contributed by atoms with Gasteiger partial charge in [-0.25, -0.2) is 4.79 Å². The summed E-state index contributed by atoms with van der Waals surface area (Å²) in [6.07, 6.45) is -0.0518. The Balaban J connectivity index is 1.70. The Hall–Kier alpha value is -2.40. The second kappa shape index (κ2) is 10.3. The van der Waals surface area contributed by atoms with Gasteiger partial charge in [0.1, 0.15) is 20.9 Å². The Morgan fingerprint density at radius 1 is 1.06 bits per heavy atom. The monoisotopic (exact) mass is 491 g/mol. The molecule has 0 saturated carbocycles. The average Bonchev–Trinajstić information content (AvgIpc) is 3.14. The highest BCUT2D eigenvalue weighted by Gasteiger charge is 2.26. The van der Waals surface area contributed by atoms with Crippen molar-refractivity contribution in [3.63, 3.8) is 0 Å². The lowest BCUT2D eigenvalue weighted by Gasteiger charge is -2.18. The van der Waals surface area contributed by atoms with E-state index in [1.807, 2.05) is 18.2 Å². The van der Waals surface area contributed by atoms with Crippen LogP contribution in [0.25, 0.3) is 10.4 Å². The molecule has 3 rings (SSSR count). The summed E-state index contributed by atoms with van der Waals surface area (Å²) in [6.45, 7) is 3.41. The summed E-state index contributed by atoms with van der Waals surface area (Å²) >= 11 is 5.92. The van der Waals surface area contributed by atoms with Crippen molar-refractivity contribution in [1.82, 2.24) is 0 Å². The van der Waals surface area contributed by atoms with Crippen molar-refractivity contribution in [3.8, 4) is 21.9 Å². The molecule has 3 aromatic rings. The van der Waals surface area contributed by atoms with Gasteiger partial charge in [-0.05, 0) is 61.9 Å². The van der Waals surface area contributed by atoms with E-state index in [2.05, 4.69) is 4.58 Å². The van der Waals surface area contributed by atoms with E-state index in [4.69, 9.17) is 21.7 Å². The highest BCUT2D eigenvalue weighted by molar-refractivity contribution is 7.99. The van der Waals surface area contributed by atoms with Crippen molar-refractivity contribution in [2.45, 2.75) is 25.0 Å². The van der Waals surface area contributed by atoms with E-state index in [1.54, 1.807) is 48.5 Å². The van der Waals surface area contributed by atoms with Crippen molar-refractivity contribution in [2.75, 3.05) is 0 Å². The predicted octanol–water partition coefficient (Wildman–Crippen LogP) is 6.91. The third-order valence-electron chi connectivity index (χ3n) is 4.00. The Kier molecular flexibility index (Phi) is 7.71. The van der Waals surface area contributed by atoms with Gasteiger partial charge in [-0.1, -0.05) is 45.0 Å². The van der Waals surface area contributed by atoms with Crippen LogP contribution in [0.3, 0.4) is 0 Å². The number of esters is 2. The molecule has 1 heterocycles. The quantitative estimate of drug-likeness (QED) is 0.0845. The van der Waals surface area contributed by atoms with Gasteiger partial charge >= 0.3 is 11.9 Å². The Morgan fingerprint density at radius 2 is 1.77 bits per heavy atom. The number of benzene rings is 2. The van der Waals surface area contributed by atoms with Crippen LogP contribution in [0, 0.1) is 8.73 Å². The van der Waals surface area contributed by atoms with Gasteiger partial charge in [-0.15, -0.1) is 4.91 Å². The molecule has 0 aliphatic heterocycles. The van der Waals surface area contributed by atoms with Gasteiger partial charge in [0.25, 0.3) is 0 Å². The molecule has 0 radical (unpaired) electrons. The topological polar surface area (TPSA) is 82.0 Å². The maximum atomic E-state index is 12.7. The smallest absolute Gasteiger partial charge is 0.347 e. The van der Waals surface area contributed by atoms with E-state index >= 15 is 0 Å². The number of carbonyl (C=O) groups is 2. The van der Waals surface area contributed by atoms with Crippen molar-refractivity contribution in [1.29, 1.82) is 0 Å². The van der Waals surface area contributed by atoms with Crippen LogP contribution in [0.4, 0.5) is 0 Å². The molecule has 0 amide bonds. The van der Waals surface area contributed by atoms with Crippen molar-refractivity contribution < 1.29 is 19.1 Å². The van der Waals surface area contributed by atoms with Gasteiger partial charge in [-0.3, -0.25) is 4.79 Å². The van der Waals surface area contributed by atoms with Crippen LogP contribution >= 0.6 is 44.8 Å². The van der Waals surface area contributed by atoms with Gasteiger partial charge in [0.2, 0.25) is 0 Å². The molecule has 0 bridgehead atoms. The number of nitrogens with zero attached hydrogens (tertiary/aromatic N) is 1. The molecule has 0 aliphatic carbocycles. The molecule has 0 saturated heterocycles. The number of hydrogen-bond donors (Lipinski definition) is 0. The summed E-state index contributed by atoms with van der Waals surface area (Å²) in [5.41, 5.74) is 1.10. The minimum atomic E-state index is -0.717. The second-order valence-electron chi connectivity index (χ2n) is 6.98. The second-order valence-corrected chi connectivity index (χ2v) is 11.3. The normalized spacial score (nSPS) is 11.0. The van der Waals surface area contributed by atoms with Gasteiger partial charge in [0.05, 0.1) is 6.42 Å². The summed E-state index contributed by atoms with van der Waals surface area (Å²) in [4.78, 5) is 36.5. The number of hydrogen-bond acceptors (Lipinski definition) is 10. The lowest BCUT2D eigenvalue weighted by atomic mass is 10.1. The van der Waals surface area contributed by atoms with E-state index in [0.717, 1.165) is 26.2 Å². The zero-order valence-electron chi connectivity index (χ0n) is 16.5. The first-order chi connectivity index (χ1) is 14.8. The SMILES string of the molecule is CC(C)(CC(=O)Oc1ccccc1C(=O)Oc1ccc(-c2cc(=S)ss2)cc1)SN=O. The highest BCUT2D eigenvalue weighted by atomic mass is 32.9. The van der Waals surface area contributed by atoms with E-state index in [0.29, 0.717) is 5.75 Å². The predicted molar refractivity (Wildman–Crippen MR) is 128 cm³/mol. The number of carbonyl (C=O) groups excluding carboxylic acids is 2. The molecular weight excluding hydrogens is 475 g/mol. The van der Waals surface area contributed by atoms with E-state index < -0.39 is 16.7 Å². The molecule has 160 valence electrons. The molecular formula is C21H17NO5S4. The average molecular weight is 492 g/mol. The summed E-state index contributed by atoms with van der Waals surface area (Å²) in [5.74, 6) is -0.773. The molecule has 0 unspecified atom stereocenters. The van der Waals surface area contributed by atoms with Crippen LogP contribution in [0.5, 0.6) is 11.5 Å². The fraction of sp³-hybridized carbons (Fsp3) is 0.190. The minimum Gasteiger partial charge on any atom is -0.426 e. The number of rotatable bonds is 8. The van der Waals surface area contributed by atoms with Gasteiger partial charge in [-0.2, -0.15) is 0 Å². The number of nitroso groups, excluding NO2 is 1. The molecule has 10 heteroatoms. The van der Waals surface area contributed by atoms with Gasteiger partial charge < -0.3 is 9.47 Å². The van der Waals surface area contributed by atoms with Crippen LogP contribution < -0.4 is 9.47 Å². The largest absolute Gasteiger partial charge is 0.426 e. The molecule has 2 aromatic carbocycles. The van der Waals surface area contributed by atoms with Gasteiger partial charge in [0.15, 0.2) is 0 Å². The van der Waals surface area contributed by atoms with E-state index in [9.17, 15) is 14.5 Å². The van der Waals surface area contributed by atoms with Crippen molar-refractivity contribution in [2.24, 2.45) is 4.58 Å². The maximum absolute atomic E-state index is 12.7. The fourth-order valence-corrected chi connectivity index (χ4v) is 5.37. The fourth-order valence-electron chi connectivity index (χ4n) is 2.59. The first-order valence-corrected chi connectivity index (χ1v) is 12.3.